The Morgan fingerprint density at radius 1 is 1.18 bits per heavy atom. The lowest BCUT2D eigenvalue weighted by Crippen LogP contribution is -2.65. The molecule has 172 valence electrons. The first-order chi connectivity index (χ1) is 15.7. The van der Waals surface area contributed by atoms with Crippen LogP contribution in [0, 0.1) is 16.0 Å². The highest BCUT2D eigenvalue weighted by molar-refractivity contribution is 8.02. The molecule has 8 nitrogen and oxygen atoms in total. The van der Waals surface area contributed by atoms with Gasteiger partial charge in [0.2, 0.25) is 5.91 Å². The van der Waals surface area contributed by atoms with Crippen LogP contribution in [0.15, 0.2) is 65.2 Å². The summed E-state index contributed by atoms with van der Waals surface area (Å²) in [5.41, 5.74) is 0.689. The summed E-state index contributed by atoms with van der Waals surface area (Å²) < 4.78 is 5.48. The van der Waals surface area contributed by atoms with Crippen molar-refractivity contribution in [2.75, 3.05) is 0 Å². The smallest absolute Gasteiger partial charge is 0.356 e. The number of hydrogen-bond donors (Lipinski definition) is 1. The Bertz CT molecular complexity index is 1110. The maximum absolute atomic E-state index is 13.0. The van der Waals surface area contributed by atoms with Crippen molar-refractivity contribution < 1.29 is 24.4 Å². The molecule has 0 unspecified atom stereocenters. The Morgan fingerprint density at radius 3 is 2.45 bits per heavy atom. The van der Waals surface area contributed by atoms with Crippen LogP contribution < -0.4 is 0 Å². The first-order valence-electron chi connectivity index (χ1n) is 10.5. The fraction of sp³-hybridized carbons (Fsp3) is 0.333. The van der Waals surface area contributed by atoms with Crippen molar-refractivity contribution in [3.05, 3.63) is 86.4 Å². The van der Waals surface area contributed by atoms with Gasteiger partial charge in [-0.2, -0.15) is 0 Å². The Morgan fingerprint density at radius 2 is 1.85 bits per heavy atom. The number of nitro benzene ring substituents is 1. The zero-order chi connectivity index (χ0) is 23.8. The van der Waals surface area contributed by atoms with E-state index in [4.69, 9.17) is 4.74 Å². The number of esters is 1. The van der Waals surface area contributed by atoms with Gasteiger partial charge in [0, 0.05) is 29.2 Å². The minimum absolute atomic E-state index is 0.0464. The second-order valence-corrected chi connectivity index (χ2v) is 9.73. The zero-order valence-electron chi connectivity index (χ0n) is 18.3. The molecule has 0 saturated carbocycles. The van der Waals surface area contributed by atoms with E-state index in [9.17, 15) is 24.8 Å². The SMILES string of the molecule is CC(C)(O)[C@@H]1C(=O)N2C(C(=O)OCc3ccc([N+](=O)[O-])cc3)=C(SCc3ccccc3)C[C@@H]12. The predicted molar refractivity (Wildman–Crippen MR) is 123 cm³/mol. The van der Waals surface area contributed by atoms with E-state index in [-0.39, 0.29) is 29.9 Å². The van der Waals surface area contributed by atoms with E-state index in [1.807, 2.05) is 30.3 Å². The Hall–Kier alpha value is -3.17. The molecule has 33 heavy (non-hydrogen) atoms. The molecule has 0 spiro atoms. The maximum Gasteiger partial charge on any atom is 0.356 e. The Balaban J connectivity index is 1.52. The molecule has 0 aromatic heterocycles. The molecule has 0 bridgehead atoms. The summed E-state index contributed by atoms with van der Waals surface area (Å²) >= 11 is 1.49. The third-order valence-corrected chi connectivity index (χ3v) is 7.03. The number of hydrogen-bond acceptors (Lipinski definition) is 7. The Kier molecular flexibility index (Phi) is 6.27. The highest BCUT2D eigenvalue weighted by Crippen LogP contribution is 2.49. The number of amides is 1. The van der Waals surface area contributed by atoms with E-state index < -0.39 is 22.4 Å². The van der Waals surface area contributed by atoms with Gasteiger partial charge >= 0.3 is 5.97 Å². The van der Waals surface area contributed by atoms with Gasteiger partial charge in [-0.15, -0.1) is 11.8 Å². The molecule has 2 atom stereocenters. The number of aliphatic hydroxyl groups is 1. The number of non-ortho nitro benzene ring substituents is 1. The summed E-state index contributed by atoms with van der Waals surface area (Å²) in [5, 5.41) is 21.3. The lowest BCUT2D eigenvalue weighted by molar-refractivity contribution is -0.384. The van der Waals surface area contributed by atoms with Crippen molar-refractivity contribution in [2.45, 2.75) is 44.3 Å². The lowest BCUT2D eigenvalue weighted by atomic mass is 9.76. The number of carbonyl (C=O) groups excluding carboxylic acids is 2. The second-order valence-electron chi connectivity index (χ2n) is 8.66. The van der Waals surface area contributed by atoms with Crippen LogP contribution in [0.1, 0.15) is 31.4 Å². The maximum atomic E-state index is 13.0. The molecule has 4 rings (SSSR count). The van der Waals surface area contributed by atoms with E-state index >= 15 is 0 Å². The molecular weight excluding hydrogens is 444 g/mol. The summed E-state index contributed by atoms with van der Waals surface area (Å²) in [4.78, 5) is 38.4. The number of nitro groups is 1. The first-order valence-corrected chi connectivity index (χ1v) is 11.5. The molecule has 0 radical (unpaired) electrons. The molecule has 1 N–H and O–H groups in total. The number of fused-ring (bicyclic) bond motifs is 1. The molecule has 2 aromatic carbocycles. The zero-order valence-corrected chi connectivity index (χ0v) is 19.1. The molecular formula is C24H24N2O6S. The van der Waals surface area contributed by atoms with Gasteiger partial charge < -0.3 is 14.7 Å². The summed E-state index contributed by atoms with van der Waals surface area (Å²) in [7, 11) is 0. The van der Waals surface area contributed by atoms with Gasteiger partial charge in [0.25, 0.3) is 5.69 Å². The first kappa shape index (κ1) is 23.0. The van der Waals surface area contributed by atoms with Crippen molar-refractivity contribution in [1.29, 1.82) is 0 Å². The van der Waals surface area contributed by atoms with Gasteiger partial charge in [-0.05, 0) is 37.1 Å². The monoisotopic (exact) mass is 468 g/mol. The quantitative estimate of drug-likeness (QED) is 0.272. The van der Waals surface area contributed by atoms with Crippen molar-refractivity contribution in [2.24, 2.45) is 5.92 Å². The minimum Gasteiger partial charge on any atom is -0.456 e. The largest absolute Gasteiger partial charge is 0.456 e. The average Bonchev–Trinajstić information content (AvgIpc) is 3.09. The molecule has 2 aromatic rings. The van der Waals surface area contributed by atoms with Gasteiger partial charge in [-0.3, -0.25) is 14.9 Å². The number of ether oxygens (including phenoxy) is 1. The normalized spacial score (nSPS) is 19.8. The standard InChI is InChI=1S/C24H24N2O6S/c1-24(2,29)20-18-12-19(33-14-16-6-4-3-5-7-16)21(25(18)22(20)27)23(28)32-13-15-8-10-17(11-9-15)26(30)31/h3-11,18,20,29H,12-14H2,1-2H3/t18-,20-/m0/s1. The van der Waals surface area contributed by atoms with Gasteiger partial charge in [-0.25, -0.2) is 4.79 Å². The number of benzene rings is 2. The third kappa shape index (κ3) is 4.65. The molecule has 2 aliphatic heterocycles. The lowest BCUT2D eigenvalue weighted by Gasteiger charge is -2.48. The second kappa shape index (κ2) is 8.99. The molecule has 1 fully saturated rings. The summed E-state index contributed by atoms with van der Waals surface area (Å²) in [5.74, 6) is -0.846. The molecule has 0 aliphatic carbocycles. The minimum atomic E-state index is -1.19. The van der Waals surface area contributed by atoms with E-state index in [1.165, 1.54) is 40.9 Å². The van der Waals surface area contributed by atoms with E-state index in [0.29, 0.717) is 17.7 Å². The molecule has 2 heterocycles. The summed E-state index contributed by atoms with van der Waals surface area (Å²) in [6.45, 7) is 3.14. The highest BCUT2D eigenvalue weighted by Gasteiger charge is 2.60. The van der Waals surface area contributed by atoms with Gasteiger partial charge in [0.05, 0.1) is 22.5 Å². The molecule has 9 heteroatoms. The van der Waals surface area contributed by atoms with Crippen LogP contribution in [0.3, 0.4) is 0 Å². The van der Waals surface area contributed by atoms with Gasteiger partial charge in [0.1, 0.15) is 12.3 Å². The van der Waals surface area contributed by atoms with Crippen LogP contribution in [0.2, 0.25) is 0 Å². The van der Waals surface area contributed by atoms with E-state index in [1.54, 1.807) is 13.8 Å². The van der Waals surface area contributed by atoms with E-state index in [0.717, 1.165) is 10.5 Å². The third-order valence-electron chi connectivity index (χ3n) is 5.85. The number of carbonyl (C=O) groups is 2. The Labute approximate surface area is 195 Å². The van der Waals surface area contributed by atoms with Crippen molar-refractivity contribution in [3.8, 4) is 0 Å². The fourth-order valence-electron chi connectivity index (χ4n) is 4.24. The number of thioether (sulfide) groups is 1. The summed E-state index contributed by atoms with van der Waals surface area (Å²) in [6, 6.07) is 15.3. The van der Waals surface area contributed by atoms with Crippen LogP contribution >= 0.6 is 11.8 Å². The van der Waals surface area contributed by atoms with Crippen LogP contribution in [0.4, 0.5) is 5.69 Å². The van der Waals surface area contributed by atoms with Crippen LogP contribution in [0.5, 0.6) is 0 Å². The molecule has 1 saturated heterocycles. The van der Waals surface area contributed by atoms with Crippen molar-refractivity contribution in [3.63, 3.8) is 0 Å². The van der Waals surface area contributed by atoms with Crippen LogP contribution in [-0.4, -0.2) is 38.4 Å². The molecule has 1 amide bonds. The molecule has 2 aliphatic rings. The number of nitrogens with zero attached hydrogens (tertiary/aromatic N) is 2. The van der Waals surface area contributed by atoms with E-state index in [2.05, 4.69) is 0 Å². The van der Waals surface area contributed by atoms with Crippen LogP contribution in [-0.2, 0) is 26.7 Å². The van der Waals surface area contributed by atoms with Crippen LogP contribution in [0.25, 0.3) is 0 Å². The predicted octanol–water partition coefficient (Wildman–Crippen LogP) is 3.78. The fourth-order valence-corrected chi connectivity index (χ4v) is 5.38. The summed E-state index contributed by atoms with van der Waals surface area (Å²) in [6.07, 6.45) is 0.486. The van der Waals surface area contributed by atoms with Crippen molar-refractivity contribution in [1.82, 2.24) is 4.90 Å². The van der Waals surface area contributed by atoms with Gasteiger partial charge in [0.15, 0.2) is 0 Å². The number of rotatable bonds is 8. The number of β-lactam (4-membered cyclic amide) rings is 1. The average molecular weight is 469 g/mol. The highest BCUT2D eigenvalue weighted by atomic mass is 32.2. The van der Waals surface area contributed by atoms with Gasteiger partial charge in [-0.1, -0.05) is 30.3 Å². The topological polar surface area (TPSA) is 110 Å². The van der Waals surface area contributed by atoms with Crippen molar-refractivity contribution >= 4 is 29.3 Å².